The van der Waals surface area contributed by atoms with Crippen LogP contribution >= 0.6 is 0 Å². The zero-order valence-corrected chi connectivity index (χ0v) is 12.0. The van der Waals surface area contributed by atoms with E-state index >= 15 is 0 Å². The molecule has 3 heteroatoms. The van der Waals surface area contributed by atoms with E-state index < -0.39 is 0 Å². The van der Waals surface area contributed by atoms with Crippen LogP contribution in [0.4, 0.5) is 0 Å². The van der Waals surface area contributed by atoms with Gasteiger partial charge in [-0.25, -0.2) is 9.97 Å². The molecule has 0 aromatic carbocycles. The molecule has 104 valence electrons. The molecule has 1 unspecified atom stereocenters. The van der Waals surface area contributed by atoms with Gasteiger partial charge < -0.3 is 5.32 Å². The van der Waals surface area contributed by atoms with Crippen LogP contribution < -0.4 is 5.32 Å². The van der Waals surface area contributed by atoms with Crippen LogP contribution in [0.1, 0.15) is 62.0 Å². The monoisotopic (exact) mass is 259 g/mol. The molecule has 1 aromatic rings. The quantitative estimate of drug-likeness (QED) is 0.826. The topological polar surface area (TPSA) is 37.8 Å². The van der Waals surface area contributed by atoms with Crippen molar-refractivity contribution in [2.75, 3.05) is 13.1 Å². The van der Waals surface area contributed by atoms with E-state index in [1.165, 1.54) is 43.4 Å². The van der Waals surface area contributed by atoms with Crippen molar-refractivity contribution in [3.8, 4) is 0 Å². The van der Waals surface area contributed by atoms with E-state index in [1.54, 1.807) is 0 Å². The molecular formula is C16H25N3. The number of hydrogen-bond donors (Lipinski definition) is 1. The maximum absolute atomic E-state index is 4.83. The minimum absolute atomic E-state index is 0.661. The molecule has 2 aliphatic rings. The Morgan fingerprint density at radius 1 is 1.32 bits per heavy atom. The Bertz CT molecular complexity index is 426. The number of nitrogens with one attached hydrogen (secondary N) is 1. The van der Waals surface area contributed by atoms with Gasteiger partial charge in [-0.15, -0.1) is 0 Å². The minimum atomic E-state index is 0.661. The van der Waals surface area contributed by atoms with Gasteiger partial charge in [0.05, 0.1) is 0 Å². The van der Waals surface area contributed by atoms with Crippen LogP contribution in [0.15, 0.2) is 6.20 Å². The summed E-state index contributed by atoms with van der Waals surface area (Å²) in [4.78, 5) is 9.45. The number of aromatic nitrogens is 2. The van der Waals surface area contributed by atoms with Crippen LogP contribution in [0.5, 0.6) is 0 Å². The van der Waals surface area contributed by atoms with Crippen LogP contribution in [0.2, 0.25) is 0 Å². The van der Waals surface area contributed by atoms with Crippen molar-refractivity contribution in [2.45, 2.75) is 57.8 Å². The van der Waals surface area contributed by atoms with Gasteiger partial charge in [-0.1, -0.05) is 13.3 Å². The fourth-order valence-electron chi connectivity index (χ4n) is 3.12. The van der Waals surface area contributed by atoms with E-state index in [0.717, 1.165) is 37.7 Å². The predicted molar refractivity (Wildman–Crippen MR) is 77.3 cm³/mol. The molecular weight excluding hydrogens is 234 g/mol. The molecule has 19 heavy (non-hydrogen) atoms. The number of hydrogen-bond acceptors (Lipinski definition) is 3. The van der Waals surface area contributed by atoms with Crippen LogP contribution in [-0.2, 0) is 12.8 Å². The Kier molecular flexibility index (Phi) is 4.12. The molecule has 2 aliphatic carbocycles. The summed E-state index contributed by atoms with van der Waals surface area (Å²) in [5.74, 6) is 2.55. The first-order valence-corrected chi connectivity index (χ1v) is 7.92. The fourth-order valence-corrected chi connectivity index (χ4v) is 3.12. The Labute approximate surface area is 116 Å². The lowest BCUT2D eigenvalue weighted by atomic mass is 9.83. The highest BCUT2D eigenvalue weighted by molar-refractivity contribution is 5.22. The van der Waals surface area contributed by atoms with E-state index in [1.807, 2.05) is 0 Å². The summed E-state index contributed by atoms with van der Waals surface area (Å²) in [7, 11) is 0. The molecule has 0 radical (unpaired) electrons. The van der Waals surface area contributed by atoms with Crippen molar-refractivity contribution in [3.63, 3.8) is 0 Å². The molecule has 1 saturated carbocycles. The maximum Gasteiger partial charge on any atom is 0.131 e. The molecule has 0 saturated heterocycles. The van der Waals surface area contributed by atoms with Gasteiger partial charge in [0, 0.05) is 17.8 Å². The first-order chi connectivity index (χ1) is 9.36. The standard InChI is InChI=1S/C16H25N3/c1-2-8-17-10-12-6-7-15-14(9-12)11-18-16(19-15)13-4-3-5-13/h11-13,17H,2-10H2,1H3. The van der Waals surface area contributed by atoms with Crippen molar-refractivity contribution in [1.82, 2.24) is 15.3 Å². The second kappa shape index (κ2) is 6.00. The first-order valence-electron chi connectivity index (χ1n) is 7.92. The third-order valence-electron chi connectivity index (χ3n) is 4.60. The van der Waals surface area contributed by atoms with Gasteiger partial charge in [0.25, 0.3) is 0 Å². The maximum atomic E-state index is 4.83. The van der Waals surface area contributed by atoms with E-state index in [2.05, 4.69) is 23.4 Å². The summed E-state index contributed by atoms with van der Waals surface area (Å²) < 4.78 is 0. The molecule has 0 aliphatic heterocycles. The highest BCUT2D eigenvalue weighted by Crippen LogP contribution is 2.35. The second-order valence-corrected chi connectivity index (χ2v) is 6.14. The fraction of sp³-hybridized carbons (Fsp3) is 0.750. The van der Waals surface area contributed by atoms with Gasteiger partial charge in [-0.2, -0.15) is 0 Å². The molecule has 0 spiro atoms. The van der Waals surface area contributed by atoms with E-state index in [0.29, 0.717) is 5.92 Å². The Balaban J connectivity index is 1.62. The second-order valence-electron chi connectivity index (χ2n) is 6.14. The number of aryl methyl sites for hydroxylation is 1. The van der Waals surface area contributed by atoms with Crippen LogP contribution in [0.3, 0.4) is 0 Å². The van der Waals surface area contributed by atoms with Gasteiger partial charge >= 0.3 is 0 Å². The SMILES string of the molecule is CCCNCC1CCc2nc(C3CCC3)ncc2C1. The molecule has 0 amide bonds. The Hall–Kier alpha value is -0.960. The zero-order chi connectivity index (χ0) is 13.1. The largest absolute Gasteiger partial charge is 0.316 e. The van der Waals surface area contributed by atoms with Crippen molar-refractivity contribution >= 4 is 0 Å². The summed E-state index contributed by atoms with van der Waals surface area (Å²) in [6.45, 7) is 4.51. The van der Waals surface area contributed by atoms with Gasteiger partial charge in [0.15, 0.2) is 0 Å². The zero-order valence-electron chi connectivity index (χ0n) is 12.0. The molecule has 1 N–H and O–H groups in total. The first kappa shape index (κ1) is 13.0. The van der Waals surface area contributed by atoms with Crippen molar-refractivity contribution in [1.29, 1.82) is 0 Å². The summed E-state index contributed by atoms with van der Waals surface area (Å²) in [5.41, 5.74) is 2.74. The third-order valence-corrected chi connectivity index (χ3v) is 4.60. The van der Waals surface area contributed by atoms with Crippen LogP contribution in [-0.4, -0.2) is 23.1 Å². The minimum Gasteiger partial charge on any atom is -0.316 e. The summed E-state index contributed by atoms with van der Waals surface area (Å²) in [6, 6.07) is 0. The van der Waals surface area contributed by atoms with Gasteiger partial charge in [-0.05, 0) is 63.1 Å². The van der Waals surface area contributed by atoms with Gasteiger partial charge in [0.2, 0.25) is 0 Å². The number of fused-ring (bicyclic) bond motifs is 1. The van der Waals surface area contributed by atoms with Crippen molar-refractivity contribution in [3.05, 3.63) is 23.3 Å². The average Bonchev–Trinajstić information content (AvgIpc) is 2.37. The molecule has 1 fully saturated rings. The van der Waals surface area contributed by atoms with Crippen LogP contribution in [0.25, 0.3) is 0 Å². The molecule has 1 aromatic heterocycles. The van der Waals surface area contributed by atoms with Crippen LogP contribution in [0, 0.1) is 5.92 Å². The van der Waals surface area contributed by atoms with E-state index in [-0.39, 0.29) is 0 Å². The summed E-state index contributed by atoms with van der Waals surface area (Å²) in [5, 5.41) is 3.54. The normalized spacial score (nSPS) is 22.9. The van der Waals surface area contributed by atoms with E-state index in [9.17, 15) is 0 Å². The lowest BCUT2D eigenvalue weighted by Gasteiger charge is -2.27. The average molecular weight is 259 g/mol. The highest BCUT2D eigenvalue weighted by Gasteiger charge is 2.25. The molecule has 0 bridgehead atoms. The number of rotatable bonds is 5. The van der Waals surface area contributed by atoms with Gasteiger partial charge in [-0.3, -0.25) is 0 Å². The number of nitrogens with zero attached hydrogens (tertiary/aromatic N) is 2. The predicted octanol–water partition coefficient (Wildman–Crippen LogP) is 2.85. The Morgan fingerprint density at radius 2 is 2.21 bits per heavy atom. The third kappa shape index (κ3) is 2.97. The lowest BCUT2D eigenvalue weighted by molar-refractivity contribution is 0.391. The smallest absolute Gasteiger partial charge is 0.131 e. The summed E-state index contributed by atoms with van der Waals surface area (Å²) >= 11 is 0. The molecule has 3 nitrogen and oxygen atoms in total. The van der Waals surface area contributed by atoms with E-state index in [4.69, 9.17) is 4.98 Å². The van der Waals surface area contributed by atoms with Crippen molar-refractivity contribution in [2.24, 2.45) is 5.92 Å². The highest BCUT2D eigenvalue weighted by atomic mass is 14.9. The van der Waals surface area contributed by atoms with Crippen molar-refractivity contribution < 1.29 is 0 Å². The molecule has 1 heterocycles. The Morgan fingerprint density at radius 3 is 2.95 bits per heavy atom. The summed E-state index contributed by atoms with van der Waals surface area (Å²) in [6.07, 6.45) is 10.9. The lowest BCUT2D eigenvalue weighted by Crippen LogP contribution is -2.28. The molecule has 1 atom stereocenters. The van der Waals surface area contributed by atoms with Gasteiger partial charge in [0.1, 0.15) is 5.82 Å². The molecule has 3 rings (SSSR count).